The van der Waals surface area contributed by atoms with Gasteiger partial charge in [0.25, 0.3) is 5.91 Å². The molecule has 3 heterocycles. The summed E-state index contributed by atoms with van der Waals surface area (Å²) < 4.78 is 1.77. The van der Waals surface area contributed by atoms with Gasteiger partial charge in [0.05, 0.1) is 28.8 Å². The molecule has 0 bridgehead atoms. The molecule has 1 unspecified atom stereocenters. The van der Waals surface area contributed by atoms with Crippen LogP contribution in [-0.2, 0) is 11.3 Å². The number of piperidine rings is 1. The third kappa shape index (κ3) is 3.24. The molecular weight excluding hydrogens is 356 g/mol. The summed E-state index contributed by atoms with van der Waals surface area (Å²) in [5.41, 5.74) is 2.82. The number of carbonyl (C=O) groups is 2. The minimum absolute atomic E-state index is 0.161. The van der Waals surface area contributed by atoms with Crippen molar-refractivity contribution in [1.82, 2.24) is 19.7 Å². The van der Waals surface area contributed by atoms with Gasteiger partial charge >= 0.3 is 5.97 Å². The molecule has 0 aliphatic carbocycles. The first-order valence-corrected chi connectivity index (χ1v) is 9.52. The summed E-state index contributed by atoms with van der Waals surface area (Å²) in [5.74, 6) is -1.52. The number of carbonyl (C=O) groups excluding carboxylic acids is 1. The van der Waals surface area contributed by atoms with Gasteiger partial charge in [-0.15, -0.1) is 0 Å². The number of carboxylic acid groups (broad SMARTS) is 1. The first-order valence-electron chi connectivity index (χ1n) is 9.52. The maximum atomic E-state index is 13.3. The van der Waals surface area contributed by atoms with Crippen LogP contribution in [0.1, 0.15) is 30.1 Å². The third-order valence-corrected chi connectivity index (χ3v) is 5.27. The summed E-state index contributed by atoms with van der Waals surface area (Å²) in [7, 11) is 0. The van der Waals surface area contributed by atoms with Crippen molar-refractivity contribution in [3.05, 3.63) is 48.2 Å². The van der Waals surface area contributed by atoms with Crippen molar-refractivity contribution in [2.75, 3.05) is 13.1 Å². The van der Waals surface area contributed by atoms with E-state index in [1.54, 1.807) is 21.8 Å². The highest BCUT2D eigenvalue weighted by molar-refractivity contribution is 6.06. The molecule has 28 heavy (non-hydrogen) atoms. The van der Waals surface area contributed by atoms with E-state index >= 15 is 0 Å². The van der Waals surface area contributed by atoms with E-state index in [1.807, 2.05) is 37.3 Å². The zero-order valence-corrected chi connectivity index (χ0v) is 15.7. The smallest absolute Gasteiger partial charge is 0.308 e. The van der Waals surface area contributed by atoms with Crippen molar-refractivity contribution >= 4 is 22.9 Å². The van der Waals surface area contributed by atoms with Crippen LogP contribution in [0, 0.1) is 5.92 Å². The Morgan fingerprint density at radius 2 is 2.04 bits per heavy atom. The fourth-order valence-corrected chi connectivity index (χ4v) is 3.75. The second-order valence-corrected chi connectivity index (χ2v) is 7.05. The van der Waals surface area contributed by atoms with Gasteiger partial charge in [0.1, 0.15) is 0 Å². The SMILES string of the molecule is CCn1ncc2c(C(=O)N3CCCC(C(=O)O)C3)cc(-c3ccccc3)nc21. The molecule has 1 aliphatic heterocycles. The molecule has 1 aromatic carbocycles. The van der Waals surface area contributed by atoms with Crippen molar-refractivity contribution in [3.63, 3.8) is 0 Å². The number of amides is 1. The molecule has 144 valence electrons. The number of carboxylic acids is 1. The van der Waals surface area contributed by atoms with E-state index in [-0.39, 0.29) is 12.5 Å². The summed E-state index contributed by atoms with van der Waals surface area (Å²) in [5, 5.41) is 14.4. The number of fused-ring (bicyclic) bond motifs is 1. The van der Waals surface area contributed by atoms with Crippen LogP contribution in [0.4, 0.5) is 0 Å². The number of pyridine rings is 1. The predicted molar refractivity (Wildman–Crippen MR) is 105 cm³/mol. The second kappa shape index (κ2) is 7.42. The first kappa shape index (κ1) is 18.2. The van der Waals surface area contributed by atoms with E-state index in [0.29, 0.717) is 48.2 Å². The molecule has 1 aliphatic rings. The molecule has 3 aromatic rings. The molecule has 1 atom stereocenters. The van der Waals surface area contributed by atoms with Gasteiger partial charge in [-0.3, -0.25) is 9.59 Å². The van der Waals surface area contributed by atoms with E-state index in [1.165, 1.54) is 0 Å². The van der Waals surface area contributed by atoms with Gasteiger partial charge in [-0.2, -0.15) is 5.10 Å². The quantitative estimate of drug-likeness (QED) is 0.754. The standard InChI is InChI=1S/C21H22N4O3/c1-2-25-19-17(12-22-25)16(11-18(23-19)14-7-4-3-5-8-14)20(26)24-10-6-9-15(13-24)21(27)28/h3-5,7-8,11-12,15H,2,6,9-10,13H2,1H3,(H,27,28). The second-order valence-electron chi connectivity index (χ2n) is 7.05. The van der Waals surface area contributed by atoms with E-state index in [0.717, 1.165) is 5.56 Å². The highest BCUT2D eigenvalue weighted by Crippen LogP contribution is 2.27. The monoisotopic (exact) mass is 378 g/mol. The molecular formula is C21H22N4O3. The van der Waals surface area contributed by atoms with Crippen molar-refractivity contribution in [3.8, 4) is 11.3 Å². The van der Waals surface area contributed by atoms with Crippen LogP contribution in [-0.4, -0.2) is 49.7 Å². The molecule has 4 rings (SSSR count). The summed E-state index contributed by atoms with van der Waals surface area (Å²) in [6, 6.07) is 11.5. The predicted octanol–water partition coefficient (Wildman–Crippen LogP) is 3.06. The first-order chi connectivity index (χ1) is 13.6. The van der Waals surface area contributed by atoms with Crippen LogP contribution >= 0.6 is 0 Å². The molecule has 1 fully saturated rings. The van der Waals surface area contributed by atoms with Gasteiger partial charge in [-0.05, 0) is 25.8 Å². The Labute approximate surface area is 162 Å². The number of benzene rings is 1. The number of hydrogen-bond donors (Lipinski definition) is 1. The van der Waals surface area contributed by atoms with E-state index in [2.05, 4.69) is 5.10 Å². The average Bonchev–Trinajstić information content (AvgIpc) is 3.16. The van der Waals surface area contributed by atoms with Crippen LogP contribution in [0.3, 0.4) is 0 Å². The van der Waals surface area contributed by atoms with E-state index in [4.69, 9.17) is 4.98 Å². The number of aryl methyl sites for hydroxylation is 1. The number of nitrogens with zero attached hydrogens (tertiary/aromatic N) is 4. The molecule has 0 saturated carbocycles. The van der Waals surface area contributed by atoms with Crippen LogP contribution in [0.25, 0.3) is 22.3 Å². The van der Waals surface area contributed by atoms with Crippen LogP contribution in [0.15, 0.2) is 42.6 Å². The Balaban J connectivity index is 1.80. The lowest BCUT2D eigenvalue weighted by Gasteiger charge is -2.31. The molecule has 0 spiro atoms. The molecule has 7 nitrogen and oxygen atoms in total. The number of aromatic nitrogens is 3. The lowest BCUT2D eigenvalue weighted by molar-refractivity contribution is -0.143. The van der Waals surface area contributed by atoms with Crippen LogP contribution < -0.4 is 0 Å². The number of hydrogen-bond acceptors (Lipinski definition) is 4. The Kier molecular flexibility index (Phi) is 4.81. The highest BCUT2D eigenvalue weighted by atomic mass is 16.4. The fourth-order valence-electron chi connectivity index (χ4n) is 3.75. The Morgan fingerprint density at radius 3 is 2.75 bits per heavy atom. The van der Waals surface area contributed by atoms with Crippen LogP contribution in [0.5, 0.6) is 0 Å². The topological polar surface area (TPSA) is 88.3 Å². The summed E-state index contributed by atoms with van der Waals surface area (Å²) in [6.07, 6.45) is 2.97. The van der Waals surface area contributed by atoms with E-state index in [9.17, 15) is 14.7 Å². The normalized spacial score (nSPS) is 17.0. The molecule has 7 heteroatoms. The molecule has 2 aromatic heterocycles. The Hall–Kier alpha value is -3.22. The summed E-state index contributed by atoms with van der Waals surface area (Å²) in [6.45, 7) is 3.43. The van der Waals surface area contributed by atoms with Gasteiger partial charge in [0.2, 0.25) is 0 Å². The molecule has 1 amide bonds. The lowest BCUT2D eigenvalue weighted by Crippen LogP contribution is -2.42. The van der Waals surface area contributed by atoms with E-state index < -0.39 is 11.9 Å². The Morgan fingerprint density at radius 1 is 1.25 bits per heavy atom. The van der Waals surface area contributed by atoms with Gasteiger partial charge < -0.3 is 10.0 Å². The zero-order valence-electron chi connectivity index (χ0n) is 15.7. The minimum atomic E-state index is -0.846. The molecule has 1 saturated heterocycles. The number of aliphatic carboxylic acids is 1. The summed E-state index contributed by atoms with van der Waals surface area (Å²) >= 11 is 0. The van der Waals surface area contributed by atoms with Gasteiger partial charge in [-0.1, -0.05) is 30.3 Å². The number of rotatable bonds is 4. The third-order valence-electron chi connectivity index (χ3n) is 5.27. The lowest BCUT2D eigenvalue weighted by atomic mass is 9.97. The maximum absolute atomic E-state index is 13.3. The minimum Gasteiger partial charge on any atom is -0.481 e. The molecule has 0 radical (unpaired) electrons. The van der Waals surface area contributed by atoms with Crippen molar-refractivity contribution < 1.29 is 14.7 Å². The fraction of sp³-hybridized carbons (Fsp3) is 0.333. The van der Waals surface area contributed by atoms with Gasteiger partial charge in [0, 0.05) is 25.2 Å². The van der Waals surface area contributed by atoms with Gasteiger partial charge in [-0.25, -0.2) is 9.67 Å². The maximum Gasteiger partial charge on any atom is 0.308 e. The summed E-state index contributed by atoms with van der Waals surface area (Å²) in [4.78, 5) is 31.1. The number of likely N-dealkylation sites (tertiary alicyclic amines) is 1. The van der Waals surface area contributed by atoms with Crippen molar-refractivity contribution in [2.24, 2.45) is 5.92 Å². The van der Waals surface area contributed by atoms with Crippen molar-refractivity contribution in [1.29, 1.82) is 0 Å². The Bertz CT molecular complexity index is 1030. The van der Waals surface area contributed by atoms with Crippen LogP contribution in [0.2, 0.25) is 0 Å². The van der Waals surface area contributed by atoms with Gasteiger partial charge in [0.15, 0.2) is 5.65 Å². The zero-order chi connectivity index (χ0) is 19.7. The average molecular weight is 378 g/mol. The molecule has 1 N–H and O–H groups in total. The highest BCUT2D eigenvalue weighted by Gasteiger charge is 2.30. The largest absolute Gasteiger partial charge is 0.481 e. The van der Waals surface area contributed by atoms with Crippen molar-refractivity contribution in [2.45, 2.75) is 26.3 Å².